The van der Waals surface area contributed by atoms with Crippen LogP contribution in [0.2, 0.25) is 0 Å². The van der Waals surface area contributed by atoms with Gasteiger partial charge in [-0.3, -0.25) is 4.90 Å². The lowest BCUT2D eigenvalue weighted by Crippen LogP contribution is -2.60. The maximum absolute atomic E-state index is 12.1. The summed E-state index contributed by atoms with van der Waals surface area (Å²) in [5.41, 5.74) is 0.402. The SMILES string of the molecule is CCCC1(O)CN(Cc2cccc(S(=O)(=O)N(C)C)c2)C1. The van der Waals surface area contributed by atoms with Gasteiger partial charge in [-0.2, -0.15) is 0 Å². The number of β-amino-alcohol motifs (C(OH)–C–C–N with tert-alkyl or cyclic N) is 1. The van der Waals surface area contributed by atoms with Gasteiger partial charge < -0.3 is 5.11 Å². The van der Waals surface area contributed by atoms with Crippen molar-refractivity contribution in [2.75, 3.05) is 27.2 Å². The Hall–Kier alpha value is -0.950. The molecule has 6 heteroatoms. The molecular weight excluding hydrogens is 288 g/mol. The average molecular weight is 312 g/mol. The Morgan fingerprint density at radius 3 is 2.57 bits per heavy atom. The minimum Gasteiger partial charge on any atom is -0.387 e. The largest absolute Gasteiger partial charge is 0.387 e. The van der Waals surface area contributed by atoms with E-state index in [9.17, 15) is 13.5 Å². The van der Waals surface area contributed by atoms with Crippen molar-refractivity contribution in [1.82, 2.24) is 9.21 Å². The van der Waals surface area contributed by atoms with Crippen LogP contribution < -0.4 is 0 Å². The van der Waals surface area contributed by atoms with Crippen molar-refractivity contribution in [2.45, 2.75) is 36.8 Å². The molecule has 0 atom stereocenters. The number of benzene rings is 1. The Labute approximate surface area is 127 Å². The second kappa shape index (κ2) is 6.04. The molecule has 1 aromatic carbocycles. The molecule has 1 N–H and O–H groups in total. The van der Waals surface area contributed by atoms with Gasteiger partial charge in [0.25, 0.3) is 0 Å². The normalized spacial score (nSPS) is 18.7. The molecule has 0 aromatic heterocycles. The second-order valence-electron chi connectivity index (χ2n) is 6.05. The van der Waals surface area contributed by atoms with Crippen molar-refractivity contribution in [3.8, 4) is 0 Å². The first-order valence-corrected chi connectivity index (χ1v) is 8.67. The van der Waals surface area contributed by atoms with Crippen molar-refractivity contribution >= 4 is 10.0 Å². The van der Waals surface area contributed by atoms with Crippen LogP contribution in [0.5, 0.6) is 0 Å². The first-order chi connectivity index (χ1) is 9.77. The lowest BCUT2D eigenvalue weighted by Gasteiger charge is -2.46. The molecular formula is C15H24N2O3S. The lowest BCUT2D eigenvalue weighted by atomic mass is 9.89. The summed E-state index contributed by atoms with van der Waals surface area (Å²) in [4.78, 5) is 2.45. The molecule has 1 fully saturated rings. The molecule has 0 saturated carbocycles. The molecule has 1 aliphatic rings. The predicted octanol–water partition coefficient (Wildman–Crippen LogP) is 1.28. The summed E-state index contributed by atoms with van der Waals surface area (Å²) in [5.74, 6) is 0. The smallest absolute Gasteiger partial charge is 0.242 e. The van der Waals surface area contributed by atoms with Gasteiger partial charge in [0.05, 0.1) is 10.5 Å². The van der Waals surface area contributed by atoms with E-state index in [0.717, 1.165) is 18.4 Å². The molecule has 0 radical (unpaired) electrons. The van der Waals surface area contributed by atoms with E-state index in [2.05, 4.69) is 11.8 Å². The van der Waals surface area contributed by atoms with Gasteiger partial charge in [0.1, 0.15) is 0 Å². The van der Waals surface area contributed by atoms with Gasteiger partial charge >= 0.3 is 0 Å². The van der Waals surface area contributed by atoms with E-state index in [1.165, 1.54) is 18.4 Å². The van der Waals surface area contributed by atoms with Gasteiger partial charge in [-0.25, -0.2) is 12.7 Å². The number of aliphatic hydroxyl groups is 1. The Kier molecular flexibility index (Phi) is 4.72. The second-order valence-corrected chi connectivity index (χ2v) is 8.21. The molecule has 5 nitrogen and oxygen atoms in total. The molecule has 1 aromatic rings. The van der Waals surface area contributed by atoms with E-state index >= 15 is 0 Å². The van der Waals surface area contributed by atoms with Crippen LogP contribution in [0.15, 0.2) is 29.2 Å². The predicted molar refractivity (Wildman–Crippen MR) is 82.4 cm³/mol. The minimum atomic E-state index is -3.39. The maximum atomic E-state index is 12.1. The maximum Gasteiger partial charge on any atom is 0.242 e. The van der Waals surface area contributed by atoms with Gasteiger partial charge in [-0.15, -0.1) is 0 Å². The van der Waals surface area contributed by atoms with Crippen LogP contribution in [0.25, 0.3) is 0 Å². The van der Waals surface area contributed by atoms with E-state index in [1.807, 2.05) is 6.07 Å². The Bertz CT molecular complexity index is 593. The van der Waals surface area contributed by atoms with Crippen LogP contribution in [0, 0.1) is 0 Å². The Morgan fingerprint density at radius 1 is 1.33 bits per heavy atom. The molecule has 0 aliphatic carbocycles. The number of hydrogen-bond donors (Lipinski definition) is 1. The molecule has 21 heavy (non-hydrogen) atoms. The molecule has 0 amide bonds. The van der Waals surface area contributed by atoms with Gasteiger partial charge in [0.15, 0.2) is 0 Å². The molecule has 118 valence electrons. The highest BCUT2D eigenvalue weighted by Crippen LogP contribution is 2.27. The molecule has 0 bridgehead atoms. The summed E-state index contributed by atoms with van der Waals surface area (Å²) < 4.78 is 25.4. The fourth-order valence-electron chi connectivity index (χ4n) is 2.79. The average Bonchev–Trinajstić information content (AvgIpc) is 2.37. The quantitative estimate of drug-likeness (QED) is 0.860. The van der Waals surface area contributed by atoms with Crippen LogP contribution in [0.4, 0.5) is 0 Å². The Morgan fingerprint density at radius 2 is 2.00 bits per heavy atom. The fraction of sp³-hybridized carbons (Fsp3) is 0.600. The number of hydrogen-bond acceptors (Lipinski definition) is 4. The summed E-state index contributed by atoms with van der Waals surface area (Å²) in [7, 11) is -0.330. The van der Waals surface area contributed by atoms with Crippen molar-refractivity contribution in [2.24, 2.45) is 0 Å². The highest BCUT2D eigenvalue weighted by Gasteiger charge is 2.39. The van der Waals surface area contributed by atoms with Crippen LogP contribution in [-0.4, -0.2) is 55.5 Å². The van der Waals surface area contributed by atoms with E-state index < -0.39 is 15.6 Å². The molecule has 0 unspecified atom stereocenters. The van der Waals surface area contributed by atoms with Crippen LogP contribution in [0.1, 0.15) is 25.3 Å². The molecule has 1 heterocycles. The summed E-state index contributed by atoms with van der Waals surface area (Å²) >= 11 is 0. The highest BCUT2D eigenvalue weighted by atomic mass is 32.2. The standard InChI is InChI=1S/C15H24N2O3S/c1-4-8-15(18)11-17(12-15)10-13-6-5-7-14(9-13)21(19,20)16(2)3/h5-7,9,18H,4,8,10-12H2,1-3H3. The zero-order valence-corrected chi connectivity index (χ0v) is 13.7. The van der Waals surface area contributed by atoms with Crippen LogP contribution in [0.3, 0.4) is 0 Å². The van der Waals surface area contributed by atoms with Crippen molar-refractivity contribution in [1.29, 1.82) is 0 Å². The first kappa shape index (κ1) is 16.4. The van der Waals surface area contributed by atoms with Gasteiger partial charge in [-0.05, 0) is 24.1 Å². The summed E-state index contributed by atoms with van der Waals surface area (Å²) in [6.07, 6.45) is 1.79. The number of rotatable bonds is 6. The first-order valence-electron chi connectivity index (χ1n) is 7.23. The number of likely N-dealkylation sites (tertiary alicyclic amines) is 1. The number of sulfonamides is 1. The number of nitrogens with zero attached hydrogens (tertiary/aromatic N) is 2. The molecule has 1 aliphatic heterocycles. The van der Waals surface area contributed by atoms with Crippen LogP contribution in [-0.2, 0) is 16.6 Å². The molecule has 1 saturated heterocycles. The monoisotopic (exact) mass is 312 g/mol. The van der Waals surface area contributed by atoms with Crippen molar-refractivity contribution in [3.05, 3.63) is 29.8 Å². The summed E-state index contributed by atoms with van der Waals surface area (Å²) in [5, 5.41) is 10.2. The van der Waals surface area contributed by atoms with E-state index in [1.54, 1.807) is 18.2 Å². The fourth-order valence-corrected chi connectivity index (χ4v) is 3.77. The third kappa shape index (κ3) is 3.63. The lowest BCUT2D eigenvalue weighted by molar-refractivity contribution is -0.106. The minimum absolute atomic E-state index is 0.314. The van der Waals surface area contributed by atoms with E-state index in [0.29, 0.717) is 24.5 Å². The van der Waals surface area contributed by atoms with Crippen LogP contribution >= 0.6 is 0 Å². The zero-order chi connectivity index (χ0) is 15.7. The van der Waals surface area contributed by atoms with Crippen molar-refractivity contribution in [3.63, 3.8) is 0 Å². The summed E-state index contributed by atoms with van der Waals surface area (Å²) in [6, 6.07) is 7.02. The van der Waals surface area contributed by atoms with Gasteiger partial charge in [0.2, 0.25) is 10.0 Å². The molecule has 0 spiro atoms. The molecule has 2 rings (SSSR count). The van der Waals surface area contributed by atoms with E-state index in [-0.39, 0.29) is 0 Å². The third-order valence-corrected chi connectivity index (χ3v) is 5.65. The van der Waals surface area contributed by atoms with Crippen molar-refractivity contribution < 1.29 is 13.5 Å². The van der Waals surface area contributed by atoms with Gasteiger partial charge in [-0.1, -0.05) is 25.5 Å². The van der Waals surface area contributed by atoms with E-state index in [4.69, 9.17) is 0 Å². The Balaban J connectivity index is 2.04. The zero-order valence-electron chi connectivity index (χ0n) is 12.9. The third-order valence-electron chi connectivity index (χ3n) is 3.83. The topological polar surface area (TPSA) is 60.9 Å². The van der Waals surface area contributed by atoms with Gasteiger partial charge in [0, 0.05) is 33.7 Å². The highest BCUT2D eigenvalue weighted by molar-refractivity contribution is 7.89. The summed E-state index contributed by atoms with van der Waals surface area (Å²) in [6.45, 7) is 4.05.